The summed E-state index contributed by atoms with van der Waals surface area (Å²) >= 11 is 0. The Morgan fingerprint density at radius 3 is 2.56 bits per heavy atom. The Labute approximate surface area is 162 Å². The van der Waals surface area contributed by atoms with E-state index in [1.54, 1.807) is 6.20 Å². The monoisotopic (exact) mass is 372 g/mol. The summed E-state index contributed by atoms with van der Waals surface area (Å²) in [7, 11) is 0. The number of pyridine rings is 1. The smallest absolute Gasteiger partial charge is 0.317 e. The van der Waals surface area contributed by atoms with E-state index in [4.69, 9.17) is 0 Å². The van der Waals surface area contributed by atoms with Gasteiger partial charge in [-0.3, -0.25) is 4.79 Å². The highest BCUT2D eigenvalue weighted by Gasteiger charge is 2.29. The zero-order valence-corrected chi connectivity index (χ0v) is 16.4. The molecule has 1 saturated heterocycles. The fraction of sp³-hybridized carbons (Fsp3) is 0.667. The van der Waals surface area contributed by atoms with Gasteiger partial charge in [0.1, 0.15) is 5.82 Å². The SMILES string of the molecule is Cc1cccnc1NC(=O)C1CCCN(C(=O)NC2CCCCCCC2)C1. The van der Waals surface area contributed by atoms with Gasteiger partial charge in [-0.05, 0) is 44.2 Å². The van der Waals surface area contributed by atoms with Gasteiger partial charge in [0.05, 0.1) is 5.92 Å². The minimum absolute atomic E-state index is 0.00732. The highest BCUT2D eigenvalue weighted by molar-refractivity contribution is 5.92. The molecular weight excluding hydrogens is 340 g/mol. The number of amides is 3. The molecule has 1 unspecified atom stereocenters. The van der Waals surface area contributed by atoms with E-state index in [0.717, 1.165) is 37.8 Å². The van der Waals surface area contributed by atoms with Crippen molar-refractivity contribution in [2.45, 2.75) is 70.8 Å². The lowest BCUT2D eigenvalue weighted by Gasteiger charge is -2.33. The van der Waals surface area contributed by atoms with Crippen LogP contribution >= 0.6 is 0 Å². The number of nitrogens with one attached hydrogen (secondary N) is 2. The van der Waals surface area contributed by atoms with Crippen LogP contribution in [-0.2, 0) is 4.79 Å². The topological polar surface area (TPSA) is 74.3 Å². The van der Waals surface area contributed by atoms with Gasteiger partial charge >= 0.3 is 6.03 Å². The second-order valence-corrected chi connectivity index (χ2v) is 7.93. The molecular formula is C21H32N4O2. The van der Waals surface area contributed by atoms with Crippen LogP contribution in [0.25, 0.3) is 0 Å². The van der Waals surface area contributed by atoms with Crippen molar-refractivity contribution in [3.05, 3.63) is 23.9 Å². The summed E-state index contributed by atoms with van der Waals surface area (Å²) in [6.45, 7) is 3.14. The molecule has 6 heteroatoms. The Bertz CT molecular complexity index is 641. The molecule has 1 atom stereocenters. The minimum atomic E-state index is -0.178. The third kappa shape index (κ3) is 5.68. The molecule has 2 heterocycles. The molecule has 0 aromatic carbocycles. The predicted molar refractivity (Wildman–Crippen MR) is 107 cm³/mol. The molecule has 0 radical (unpaired) electrons. The van der Waals surface area contributed by atoms with Gasteiger partial charge in [-0.2, -0.15) is 0 Å². The van der Waals surface area contributed by atoms with Crippen molar-refractivity contribution in [1.82, 2.24) is 15.2 Å². The lowest BCUT2D eigenvalue weighted by Crippen LogP contribution is -2.50. The van der Waals surface area contributed by atoms with Gasteiger partial charge in [0.2, 0.25) is 5.91 Å². The van der Waals surface area contributed by atoms with E-state index in [0.29, 0.717) is 12.4 Å². The van der Waals surface area contributed by atoms with Gasteiger partial charge in [-0.1, -0.05) is 38.2 Å². The molecule has 0 spiro atoms. The molecule has 1 aromatic rings. The van der Waals surface area contributed by atoms with Crippen molar-refractivity contribution in [2.24, 2.45) is 5.92 Å². The van der Waals surface area contributed by atoms with Crippen molar-refractivity contribution in [3.63, 3.8) is 0 Å². The van der Waals surface area contributed by atoms with Crippen LogP contribution in [0.4, 0.5) is 10.6 Å². The van der Waals surface area contributed by atoms with Crippen molar-refractivity contribution in [3.8, 4) is 0 Å². The van der Waals surface area contributed by atoms with Gasteiger partial charge in [-0.15, -0.1) is 0 Å². The Morgan fingerprint density at radius 2 is 1.81 bits per heavy atom. The minimum Gasteiger partial charge on any atom is -0.335 e. The maximum absolute atomic E-state index is 12.7. The quantitative estimate of drug-likeness (QED) is 0.846. The maximum atomic E-state index is 12.7. The molecule has 2 N–H and O–H groups in total. The maximum Gasteiger partial charge on any atom is 0.317 e. The predicted octanol–water partition coefficient (Wildman–Crippen LogP) is 3.86. The number of urea groups is 1. The zero-order valence-electron chi connectivity index (χ0n) is 16.4. The van der Waals surface area contributed by atoms with Gasteiger partial charge in [0, 0.05) is 25.3 Å². The van der Waals surface area contributed by atoms with Crippen molar-refractivity contribution >= 4 is 17.8 Å². The molecule has 27 heavy (non-hydrogen) atoms. The summed E-state index contributed by atoms with van der Waals surface area (Å²) in [6.07, 6.45) is 11.7. The second kappa shape index (κ2) is 9.72. The van der Waals surface area contributed by atoms with Crippen LogP contribution in [0.15, 0.2) is 18.3 Å². The van der Waals surface area contributed by atoms with Crippen LogP contribution in [0.1, 0.15) is 63.4 Å². The first kappa shape index (κ1) is 19.6. The summed E-state index contributed by atoms with van der Waals surface area (Å²) in [6, 6.07) is 4.06. The summed E-state index contributed by atoms with van der Waals surface area (Å²) in [5, 5.41) is 6.15. The number of anilines is 1. The third-order valence-corrected chi connectivity index (χ3v) is 5.76. The number of nitrogens with zero attached hydrogens (tertiary/aromatic N) is 2. The van der Waals surface area contributed by atoms with E-state index in [1.165, 1.54) is 32.1 Å². The molecule has 2 aliphatic rings. The molecule has 1 aliphatic heterocycles. The summed E-state index contributed by atoms with van der Waals surface area (Å²) in [5.41, 5.74) is 0.945. The highest BCUT2D eigenvalue weighted by atomic mass is 16.2. The first-order valence-electron chi connectivity index (χ1n) is 10.4. The second-order valence-electron chi connectivity index (χ2n) is 7.93. The summed E-state index contributed by atoms with van der Waals surface area (Å²) in [4.78, 5) is 31.4. The largest absolute Gasteiger partial charge is 0.335 e. The lowest BCUT2D eigenvalue weighted by molar-refractivity contribution is -0.121. The lowest BCUT2D eigenvalue weighted by atomic mass is 9.96. The number of hydrogen-bond donors (Lipinski definition) is 2. The van der Waals surface area contributed by atoms with Crippen molar-refractivity contribution in [1.29, 1.82) is 0 Å². The number of carbonyl (C=O) groups is 2. The van der Waals surface area contributed by atoms with Crippen LogP contribution in [0, 0.1) is 12.8 Å². The average molecular weight is 373 g/mol. The van der Waals surface area contributed by atoms with Gasteiger partial charge in [0.15, 0.2) is 0 Å². The Balaban J connectivity index is 1.52. The standard InChI is InChI=1S/C21H32N4O2/c1-16-9-7-13-22-19(16)24-20(26)17-10-8-14-25(15-17)21(27)23-18-11-5-3-2-4-6-12-18/h7,9,13,17-18H,2-6,8,10-12,14-15H2,1H3,(H,23,27)(H,22,24,26). The van der Waals surface area contributed by atoms with Gasteiger partial charge in [0.25, 0.3) is 0 Å². The highest BCUT2D eigenvalue weighted by Crippen LogP contribution is 2.21. The van der Waals surface area contributed by atoms with E-state index in [9.17, 15) is 9.59 Å². The molecule has 0 bridgehead atoms. The normalized spacial score (nSPS) is 21.8. The number of piperidine rings is 1. The van der Waals surface area contributed by atoms with Crippen LogP contribution in [-0.4, -0.2) is 41.0 Å². The number of rotatable bonds is 3. The Morgan fingerprint density at radius 1 is 1.07 bits per heavy atom. The molecule has 3 rings (SSSR count). The molecule has 1 aromatic heterocycles. The van der Waals surface area contributed by atoms with E-state index in [1.807, 2.05) is 24.0 Å². The molecule has 1 saturated carbocycles. The van der Waals surface area contributed by atoms with Crippen LogP contribution in [0.5, 0.6) is 0 Å². The molecule has 1 aliphatic carbocycles. The van der Waals surface area contributed by atoms with Gasteiger partial charge < -0.3 is 15.5 Å². The zero-order chi connectivity index (χ0) is 19.1. The van der Waals surface area contributed by atoms with E-state index < -0.39 is 0 Å². The third-order valence-electron chi connectivity index (χ3n) is 5.76. The van der Waals surface area contributed by atoms with Crippen molar-refractivity contribution < 1.29 is 9.59 Å². The fourth-order valence-electron chi connectivity index (χ4n) is 4.08. The van der Waals surface area contributed by atoms with Crippen LogP contribution in [0.3, 0.4) is 0 Å². The summed E-state index contributed by atoms with van der Waals surface area (Å²) < 4.78 is 0. The number of aromatic nitrogens is 1. The van der Waals surface area contributed by atoms with E-state index >= 15 is 0 Å². The van der Waals surface area contributed by atoms with Gasteiger partial charge in [-0.25, -0.2) is 9.78 Å². The number of hydrogen-bond acceptors (Lipinski definition) is 3. The number of likely N-dealkylation sites (tertiary alicyclic amines) is 1. The van der Waals surface area contributed by atoms with Crippen LogP contribution in [0.2, 0.25) is 0 Å². The number of carbonyl (C=O) groups excluding carboxylic acids is 2. The molecule has 6 nitrogen and oxygen atoms in total. The Kier molecular flexibility index (Phi) is 7.07. The fourth-order valence-corrected chi connectivity index (χ4v) is 4.08. The molecule has 2 fully saturated rings. The first-order chi connectivity index (χ1) is 13.1. The average Bonchev–Trinajstić information content (AvgIpc) is 2.65. The van der Waals surface area contributed by atoms with Crippen molar-refractivity contribution in [2.75, 3.05) is 18.4 Å². The van der Waals surface area contributed by atoms with E-state index in [2.05, 4.69) is 15.6 Å². The first-order valence-corrected chi connectivity index (χ1v) is 10.4. The van der Waals surface area contributed by atoms with E-state index in [-0.39, 0.29) is 23.9 Å². The molecule has 148 valence electrons. The van der Waals surface area contributed by atoms with Crippen LogP contribution < -0.4 is 10.6 Å². The Hall–Kier alpha value is -2.11. The molecule has 3 amide bonds. The summed E-state index contributed by atoms with van der Waals surface area (Å²) in [5.74, 6) is 0.391. The number of aryl methyl sites for hydroxylation is 1.